The van der Waals surface area contributed by atoms with E-state index < -0.39 is 0 Å². The maximum atomic E-state index is 12.0. The molecular formula is C17H22N4OS. The van der Waals surface area contributed by atoms with Gasteiger partial charge < -0.3 is 10.6 Å². The molecule has 1 aliphatic rings. The van der Waals surface area contributed by atoms with Crippen molar-refractivity contribution in [1.29, 1.82) is 0 Å². The van der Waals surface area contributed by atoms with Crippen LogP contribution in [0.15, 0.2) is 41.2 Å². The third-order valence-corrected chi connectivity index (χ3v) is 4.77. The highest BCUT2D eigenvalue weighted by Gasteiger charge is 2.23. The van der Waals surface area contributed by atoms with Crippen molar-refractivity contribution in [2.24, 2.45) is 0 Å². The van der Waals surface area contributed by atoms with E-state index in [-0.39, 0.29) is 12.1 Å². The number of nitrogens with zero attached hydrogens (tertiary/aromatic N) is 2. The van der Waals surface area contributed by atoms with Gasteiger partial charge in [-0.15, -0.1) is 11.3 Å². The van der Waals surface area contributed by atoms with E-state index in [4.69, 9.17) is 0 Å². The van der Waals surface area contributed by atoms with Crippen molar-refractivity contribution in [3.63, 3.8) is 0 Å². The summed E-state index contributed by atoms with van der Waals surface area (Å²) < 4.78 is 0. The molecule has 1 aromatic heterocycles. The molecule has 1 fully saturated rings. The molecule has 23 heavy (non-hydrogen) atoms. The summed E-state index contributed by atoms with van der Waals surface area (Å²) in [6.45, 7) is 3.28. The van der Waals surface area contributed by atoms with Gasteiger partial charge in [0, 0.05) is 11.9 Å². The number of nitrogens with one attached hydrogen (secondary N) is 2. The van der Waals surface area contributed by atoms with Crippen molar-refractivity contribution >= 4 is 17.4 Å². The van der Waals surface area contributed by atoms with Gasteiger partial charge in [-0.25, -0.2) is 9.78 Å². The summed E-state index contributed by atoms with van der Waals surface area (Å²) in [5.74, 6) is 0. The van der Waals surface area contributed by atoms with Gasteiger partial charge in [-0.05, 0) is 31.5 Å². The van der Waals surface area contributed by atoms with Gasteiger partial charge in [0.05, 0.1) is 23.8 Å². The first-order valence-corrected chi connectivity index (χ1v) is 8.95. The number of aromatic nitrogens is 1. The number of hydrogen-bond donors (Lipinski definition) is 2. The third kappa shape index (κ3) is 4.53. The van der Waals surface area contributed by atoms with Gasteiger partial charge in [-0.1, -0.05) is 30.3 Å². The summed E-state index contributed by atoms with van der Waals surface area (Å²) in [6.07, 6.45) is 2.47. The molecule has 2 aromatic rings. The van der Waals surface area contributed by atoms with Crippen LogP contribution in [0.25, 0.3) is 0 Å². The Morgan fingerprint density at radius 1 is 1.22 bits per heavy atom. The second-order valence-corrected chi connectivity index (χ2v) is 6.43. The van der Waals surface area contributed by atoms with Crippen LogP contribution < -0.4 is 10.6 Å². The van der Waals surface area contributed by atoms with Crippen LogP contribution in [-0.4, -0.2) is 35.5 Å². The summed E-state index contributed by atoms with van der Waals surface area (Å²) >= 11 is 1.53. The number of likely N-dealkylation sites (tertiary alicyclic amines) is 1. The van der Waals surface area contributed by atoms with Gasteiger partial charge in [-0.3, -0.25) is 4.90 Å². The molecular weight excluding hydrogens is 308 g/mol. The molecule has 0 radical (unpaired) electrons. The molecule has 0 saturated carbocycles. The van der Waals surface area contributed by atoms with Crippen molar-refractivity contribution in [2.75, 3.05) is 19.6 Å². The predicted molar refractivity (Wildman–Crippen MR) is 92.3 cm³/mol. The van der Waals surface area contributed by atoms with Gasteiger partial charge in [0.1, 0.15) is 0 Å². The molecule has 0 bridgehead atoms. The first kappa shape index (κ1) is 16.0. The summed E-state index contributed by atoms with van der Waals surface area (Å²) in [6, 6.07) is 10.5. The predicted octanol–water partition coefficient (Wildman–Crippen LogP) is 2.78. The van der Waals surface area contributed by atoms with E-state index in [9.17, 15) is 4.79 Å². The zero-order valence-corrected chi connectivity index (χ0v) is 13.9. The van der Waals surface area contributed by atoms with Gasteiger partial charge >= 0.3 is 6.03 Å². The second kappa shape index (κ2) is 8.08. The van der Waals surface area contributed by atoms with Crippen LogP contribution in [0.1, 0.15) is 30.1 Å². The largest absolute Gasteiger partial charge is 0.336 e. The zero-order chi connectivity index (χ0) is 15.9. The smallest absolute Gasteiger partial charge is 0.315 e. The molecule has 3 rings (SSSR count). The highest BCUT2D eigenvalue weighted by molar-refractivity contribution is 7.07. The molecule has 6 heteroatoms. The third-order valence-electron chi connectivity index (χ3n) is 4.14. The van der Waals surface area contributed by atoms with Crippen LogP contribution in [0.2, 0.25) is 0 Å². The topological polar surface area (TPSA) is 57.3 Å². The quantitative estimate of drug-likeness (QED) is 0.856. The Bertz CT molecular complexity index is 596. The minimum atomic E-state index is -0.141. The lowest BCUT2D eigenvalue weighted by Gasteiger charge is -2.28. The van der Waals surface area contributed by atoms with Gasteiger partial charge in [0.2, 0.25) is 0 Å². The van der Waals surface area contributed by atoms with Crippen LogP contribution >= 0.6 is 11.3 Å². The molecule has 1 aliphatic heterocycles. The average Bonchev–Trinajstić information content (AvgIpc) is 3.28. The number of hydrogen-bond acceptors (Lipinski definition) is 4. The van der Waals surface area contributed by atoms with E-state index in [0.717, 1.165) is 18.8 Å². The van der Waals surface area contributed by atoms with E-state index in [1.165, 1.54) is 29.7 Å². The molecule has 1 saturated heterocycles. The molecule has 5 nitrogen and oxygen atoms in total. The van der Waals surface area contributed by atoms with Crippen LogP contribution in [0, 0.1) is 0 Å². The van der Waals surface area contributed by atoms with Crippen molar-refractivity contribution < 1.29 is 4.79 Å². The minimum absolute atomic E-state index is 0.141. The Hall–Kier alpha value is -1.92. The maximum absolute atomic E-state index is 12.0. The number of thiazole rings is 1. The van der Waals surface area contributed by atoms with Crippen LogP contribution in [0.3, 0.4) is 0 Å². The number of amides is 2. The van der Waals surface area contributed by atoms with Gasteiger partial charge in [0.25, 0.3) is 0 Å². The Balaban J connectivity index is 1.54. The number of urea groups is 1. The fourth-order valence-corrected chi connectivity index (χ4v) is 3.49. The maximum Gasteiger partial charge on any atom is 0.315 e. The average molecular weight is 330 g/mol. The van der Waals surface area contributed by atoms with Crippen LogP contribution in [0.4, 0.5) is 4.79 Å². The highest BCUT2D eigenvalue weighted by Crippen LogP contribution is 2.24. The first-order chi connectivity index (χ1) is 11.3. The van der Waals surface area contributed by atoms with E-state index in [1.54, 1.807) is 5.51 Å². The van der Waals surface area contributed by atoms with Gasteiger partial charge in [-0.2, -0.15) is 0 Å². The van der Waals surface area contributed by atoms with Crippen molar-refractivity contribution in [3.05, 3.63) is 52.5 Å². The monoisotopic (exact) mass is 330 g/mol. The Morgan fingerprint density at radius 3 is 2.70 bits per heavy atom. The summed E-state index contributed by atoms with van der Waals surface area (Å²) in [4.78, 5) is 18.6. The van der Waals surface area contributed by atoms with E-state index >= 15 is 0 Å². The second-order valence-electron chi connectivity index (χ2n) is 5.71. The lowest BCUT2D eigenvalue weighted by atomic mass is 10.1. The Kier molecular flexibility index (Phi) is 5.60. The number of benzene rings is 1. The van der Waals surface area contributed by atoms with E-state index in [2.05, 4.69) is 44.8 Å². The normalized spacial score (nSPS) is 16.2. The summed E-state index contributed by atoms with van der Waals surface area (Å²) in [5, 5.41) is 7.80. The van der Waals surface area contributed by atoms with Crippen LogP contribution in [0.5, 0.6) is 0 Å². The van der Waals surface area contributed by atoms with Crippen molar-refractivity contribution in [1.82, 2.24) is 20.5 Å². The van der Waals surface area contributed by atoms with E-state index in [0.29, 0.717) is 13.1 Å². The fourth-order valence-electron chi connectivity index (χ4n) is 2.93. The summed E-state index contributed by atoms with van der Waals surface area (Å²) in [7, 11) is 0. The first-order valence-electron chi connectivity index (χ1n) is 8.00. The SMILES string of the molecule is O=C(NCc1cscn1)NCC(c1ccccc1)N1CCCC1. The number of carbonyl (C=O) groups excluding carboxylic acids is 1. The fraction of sp³-hybridized carbons (Fsp3) is 0.412. The van der Waals surface area contributed by atoms with Crippen LogP contribution in [-0.2, 0) is 6.54 Å². The van der Waals surface area contributed by atoms with Gasteiger partial charge in [0.15, 0.2) is 0 Å². The lowest BCUT2D eigenvalue weighted by molar-refractivity contribution is 0.220. The molecule has 1 aromatic carbocycles. The number of rotatable bonds is 6. The standard InChI is InChI=1S/C17H22N4OS/c22-17(18-10-15-12-23-13-20-15)19-11-16(21-8-4-5-9-21)14-6-2-1-3-7-14/h1-3,6-7,12-13,16H,4-5,8-11H2,(H2,18,19,22). The minimum Gasteiger partial charge on any atom is -0.336 e. The lowest BCUT2D eigenvalue weighted by Crippen LogP contribution is -2.41. The molecule has 2 heterocycles. The summed E-state index contributed by atoms with van der Waals surface area (Å²) in [5.41, 5.74) is 3.92. The Morgan fingerprint density at radius 2 is 2.00 bits per heavy atom. The highest BCUT2D eigenvalue weighted by atomic mass is 32.1. The molecule has 0 spiro atoms. The van der Waals surface area contributed by atoms with Crippen molar-refractivity contribution in [2.45, 2.75) is 25.4 Å². The van der Waals surface area contributed by atoms with E-state index in [1.807, 2.05) is 11.4 Å². The number of carbonyl (C=O) groups is 1. The van der Waals surface area contributed by atoms with Crippen molar-refractivity contribution in [3.8, 4) is 0 Å². The molecule has 2 N–H and O–H groups in total. The molecule has 122 valence electrons. The molecule has 0 aliphatic carbocycles. The molecule has 2 amide bonds. The molecule has 1 atom stereocenters. The zero-order valence-electron chi connectivity index (χ0n) is 13.1. The Labute approximate surface area is 140 Å². The molecule has 1 unspecified atom stereocenters.